The maximum atomic E-state index is 14.4. The Bertz CT molecular complexity index is 959. The standard InChI is InChI=1S/C29H49N3O5/c1-13-18(3)22(30-26(36)37-28(8,9)10)25(35)32(29(11,12)14-2)23(24(34)31-27(5,6)7)20-15-16-21(33)19(4)17-20/h15-18,22-23,33H,13-14H2,1-12H3,(H,30,36)(H,31,34). The van der Waals surface area contributed by atoms with Crippen molar-refractivity contribution in [2.75, 3.05) is 0 Å². The van der Waals surface area contributed by atoms with Crippen LogP contribution < -0.4 is 10.6 Å². The number of ether oxygens (including phenoxy) is 1. The van der Waals surface area contributed by atoms with Crippen molar-refractivity contribution >= 4 is 17.9 Å². The van der Waals surface area contributed by atoms with Crippen LogP contribution in [0.4, 0.5) is 4.79 Å². The van der Waals surface area contributed by atoms with Gasteiger partial charge in [0.05, 0.1) is 0 Å². The van der Waals surface area contributed by atoms with Crippen molar-refractivity contribution < 1.29 is 24.2 Å². The number of nitrogens with one attached hydrogen (secondary N) is 2. The van der Waals surface area contributed by atoms with Gasteiger partial charge in [-0.2, -0.15) is 0 Å². The van der Waals surface area contributed by atoms with Gasteiger partial charge in [0, 0.05) is 11.1 Å². The van der Waals surface area contributed by atoms with Gasteiger partial charge in [-0.1, -0.05) is 33.3 Å². The predicted octanol–water partition coefficient (Wildman–Crippen LogP) is 5.61. The lowest BCUT2D eigenvalue weighted by Gasteiger charge is -2.46. The maximum absolute atomic E-state index is 14.4. The van der Waals surface area contributed by atoms with Crippen molar-refractivity contribution in [3.8, 4) is 5.75 Å². The number of hydrogen-bond acceptors (Lipinski definition) is 5. The molecule has 1 aromatic carbocycles. The number of aryl methyl sites for hydroxylation is 1. The molecule has 1 rings (SSSR count). The Morgan fingerprint density at radius 3 is 2.03 bits per heavy atom. The highest BCUT2D eigenvalue weighted by Gasteiger charge is 2.44. The molecule has 37 heavy (non-hydrogen) atoms. The Hall–Kier alpha value is -2.77. The van der Waals surface area contributed by atoms with Crippen LogP contribution in [0.25, 0.3) is 0 Å². The van der Waals surface area contributed by atoms with Crippen molar-refractivity contribution in [1.29, 1.82) is 0 Å². The first-order valence-corrected chi connectivity index (χ1v) is 13.2. The van der Waals surface area contributed by atoms with E-state index in [2.05, 4.69) is 10.6 Å². The summed E-state index contributed by atoms with van der Waals surface area (Å²) in [6.45, 7) is 22.3. The first-order valence-electron chi connectivity index (χ1n) is 13.2. The Balaban J connectivity index is 3.76. The zero-order valence-corrected chi connectivity index (χ0v) is 24.9. The van der Waals surface area contributed by atoms with E-state index in [1.165, 1.54) is 6.07 Å². The normalized spacial score (nSPS) is 14.8. The van der Waals surface area contributed by atoms with Crippen LogP contribution >= 0.6 is 0 Å². The molecule has 210 valence electrons. The van der Waals surface area contributed by atoms with Crippen molar-refractivity contribution in [2.24, 2.45) is 5.92 Å². The van der Waals surface area contributed by atoms with E-state index in [0.29, 0.717) is 24.0 Å². The zero-order chi connectivity index (χ0) is 28.9. The summed E-state index contributed by atoms with van der Waals surface area (Å²) in [5, 5.41) is 16.0. The van der Waals surface area contributed by atoms with Gasteiger partial charge in [0.25, 0.3) is 0 Å². The van der Waals surface area contributed by atoms with Gasteiger partial charge < -0.3 is 25.4 Å². The molecule has 0 aliphatic carbocycles. The fourth-order valence-corrected chi connectivity index (χ4v) is 3.92. The third-order valence-electron chi connectivity index (χ3n) is 6.45. The molecule has 3 atom stereocenters. The summed E-state index contributed by atoms with van der Waals surface area (Å²) in [6.07, 6.45) is 0.509. The third kappa shape index (κ3) is 9.24. The second-order valence-corrected chi connectivity index (χ2v) is 12.6. The first-order chi connectivity index (χ1) is 16.7. The molecular weight excluding hydrogens is 470 g/mol. The number of nitrogens with zero attached hydrogens (tertiary/aromatic N) is 1. The minimum Gasteiger partial charge on any atom is -0.508 e. The van der Waals surface area contributed by atoms with E-state index >= 15 is 0 Å². The quantitative estimate of drug-likeness (QED) is 0.393. The van der Waals surface area contributed by atoms with Crippen molar-refractivity contribution in [2.45, 2.75) is 125 Å². The van der Waals surface area contributed by atoms with E-state index in [0.717, 1.165) is 0 Å². The summed E-state index contributed by atoms with van der Waals surface area (Å²) >= 11 is 0. The number of phenolic OH excluding ortho intramolecular Hbond substituents is 1. The number of carbonyl (C=O) groups excluding carboxylic acids is 3. The number of alkyl carbamates (subject to hydrolysis) is 1. The summed E-state index contributed by atoms with van der Waals surface area (Å²) in [5.41, 5.74) is -0.847. The van der Waals surface area contributed by atoms with E-state index in [1.807, 2.05) is 55.4 Å². The summed E-state index contributed by atoms with van der Waals surface area (Å²) in [6, 6.07) is 3.03. The lowest BCUT2D eigenvalue weighted by Crippen LogP contribution is -2.61. The highest BCUT2D eigenvalue weighted by Crippen LogP contribution is 2.35. The number of amides is 3. The molecule has 0 spiro atoms. The lowest BCUT2D eigenvalue weighted by molar-refractivity contribution is -0.151. The molecule has 0 saturated heterocycles. The van der Waals surface area contributed by atoms with Gasteiger partial charge in [0.15, 0.2) is 0 Å². The van der Waals surface area contributed by atoms with Crippen molar-refractivity contribution in [3.05, 3.63) is 29.3 Å². The molecule has 0 radical (unpaired) electrons. The molecule has 0 bridgehead atoms. The number of aromatic hydroxyl groups is 1. The topological polar surface area (TPSA) is 108 Å². The van der Waals surface area contributed by atoms with Gasteiger partial charge in [-0.25, -0.2) is 4.79 Å². The Morgan fingerprint density at radius 2 is 1.59 bits per heavy atom. The summed E-state index contributed by atoms with van der Waals surface area (Å²) in [5.74, 6) is -0.821. The van der Waals surface area contributed by atoms with Gasteiger partial charge in [0.1, 0.15) is 23.4 Å². The third-order valence-corrected chi connectivity index (χ3v) is 6.45. The van der Waals surface area contributed by atoms with Crippen LogP contribution in [0, 0.1) is 12.8 Å². The van der Waals surface area contributed by atoms with E-state index in [4.69, 9.17) is 4.74 Å². The molecule has 0 saturated carbocycles. The van der Waals surface area contributed by atoms with Crippen molar-refractivity contribution in [1.82, 2.24) is 15.5 Å². The molecule has 8 nitrogen and oxygen atoms in total. The number of benzene rings is 1. The molecule has 3 amide bonds. The average molecular weight is 520 g/mol. The van der Waals surface area contributed by atoms with Crippen LogP contribution in [0.15, 0.2) is 18.2 Å². The second kappa shape index (κ2) is 12.2. The van der Waals surface area contributed by atoms with E-state index in [-0.39, 0.29) is 23.5 Å². The van der Waals surface area contributed by atoms with Crippen LogP contribution in [-0.2, 0) is 14.3 Å². The van der Waals surface area contributed by atoms with Gasteiger partial charge >= 0.3 is 6.09 Å². The van der Waals surface area contributed by atoms with Gasteiger partial charge in [-0.15, -0.1) is 0 Å². The van der Waals surface area contributed by atoms with Gasteiger partial charge in [-0.05, 0) is 97.9 Å². The monoisotopic (exact) mass is 519 g/mol. The fraction of sp³-hybridized carbons (Fsp3) is 0.690. The van der Waals surface area contributed by atoms with Crippen molar-refractivity contribution in [3.63, 3.8) is 0 Å². The maximum Gasteiger partial charge on any atom is 0.408 e. The summed E-state index contributed by atoms with van der Waals surface area (Å²) < 4.78 is 5.46. The first kappa shape index (κ1) is 32.3. The number of phenols is 1. The average Bonchev–Trinajstić information content (AvgIpc) is 2.74. The molecule has 3 unspecified atom stereocenters. The second-order valence-electron chi connectivity index (χ2n) is 12.6. The van der Waals surface area contributed by atoms with Crippen LogP contribution in [0.3, 0.4) is 0 Å². The molecule has 0 aliphatic rings. The molecule has 0 fully saturated rings. The smallest absolute Gasteiger partial charge is 0.408 e. The Morgan fingerprint density at radius 1 is 1.03 bits per heavy atom. The van der Waals surface area contributed by atoms with Gasteiger partial charge in [0.2, 0.25) is 11.8 Å². The predicted molar refractivity (Wildman–Crippen MR) is 147 cm³/mol. The summed E-state index contributed by atoms with van der Waals surface area (Å²) in [7, 11) is 0. The Labute approximate surface area is 223 Å². The number of hydrogen-bond donors (Lipinski definition) is 3. The lowest BCUT2D eigenvalue weighted by atomic mass is 9.88. The highest BCUT2D eigenvalue weighted by atomic mass is 16.6. The minimum absolute atomic E-state index is 0.107. The molecular formula is C29H49N3O5. The van der Waals surface area contributed by atoms with E-state index in [1.54, 1.807) is 44.7 Å². The minimum atomic E-state index is -0.993. The van der Waals surface area contributed by atoms with Crippen LogP contribution in [0.5, 0.6) is 5.75 Å². The highest BCUT2D eigenvalue weighted by molar-refractivity contribution is 5.93. The Kier molecular flexibility index (Phi) is 10.6. The van der Waals surface area contributed by atoms with Crippen LogP contribution in [-0.4, -0.2) is 50.6 Å². The molecule has 8 heteroatoms. The molecule has 1 aromatic rings. The fourth-order valence-electron chi connectivity index (χ4n) is 3.92. The van der Waals surface area contributed by atoms with Crippen LogP contribution in [0.1, 0.15) is 106 Å². The molecule has 0 aliphatic heterocycles. The molecule has 0 aromatic heterocycles. The zero-order valence-electron chi connectivity index (χ0n) is 24.9. The number of carbonyl (C=O) groups is 3. The number of rotatable bonds is 9. The van der Waals surface area contributed by atoms with Gasteiger partial charge in [-0.3, -0.25) is 9.59 Å². The van der Waals surface area contributed by atoms with E-state index < -0.39 is 34.9 Å². The van der Waals surface area contributed by atoms with E-state index in [9.17, 15) is 19.5 Å². The summed E-state index contributed by atoms with van der Waals surface area (Å²) in [4.78, 5) is 42.6. The molecule has 3 N–H and O–H groups in total. The van der Waals surface area contributed by atoms with Crippen LogP contribution in [0.2, 0.25) is 0 Å². The SMILES string of the molecule is CCC(C)C(NC(=O)OC(C)(C)C)C(=O)N(C(C(=O)NC(C)(C)C)c1ccc(O)c(C)c1)C(C)(C)CC. The largest absolute Gasteiger partial charge is 0.508 e. The molecule has 0 heterocycles.